The van der Waals surface area contributed by atoms with Crippen molar-refractivity contribution in [2.24, 2.45) is 5.73 Å². The molecule has 0 spiro atoms. The number of carbonyl (C=O) groups is 5. The van der Waals surface area contributed by atoms with E-state index in [1.807, 2.05) is 0 Å². The van der Waals surface area contributed by atoms with E-state index in [4.69, 9.17) is 33.6 Å². The van der Waals surface area contributed by atoms with Crippen LogP contribution in [0.5, 0.6) is 11.5 Å². The second-order valence-corrected chi connectivity index (χ2v) is 9.99. The van der Waals surface area contributed by atoms with Gasteiger partial charge < -0.3 is 41.2 Å². The van der Waals surface area contributed by atoms with Gasteiger partial charge in [0.15, 0.2) is 5.75 Å². The first-order chi connectivity index (χ1) is 19.4. The number of nitrogens with two attached hydrogens (primary N) is 1. The van der Waals surface area contributed by atoms with Crippen LogP contribution >= 0.6 is 23.2 Å². The molecule has 7 N–H and O–H groups in total. The number of phenolic OH excluding ortho intramolecular Hbond substituents is 1. The van der Waals surface area contributed by atoms with Gasteiger partial charge in [-0.3, -0.25) is 19.3 Å². The zero-order valence-electron chi connectivity index (χ0n) is 21.2. The molecule has 17 heteroatoms. The number of amides is 5. The molecule has 4 rings (SSSR count). The molecular formula is C24H24BCl2N5O9. The van der Waals surface area contributed by atoms with E-state index in [1.54, 1.807) is 6.07 Å². The molecule has 1 saturated heterocycles. The maximum Gasteiger partial charge on any atom is 0.547 e. The summed E-state index contributed by atoms with van der Waals surface area (Å²) in [6.07, 6.45) is -0.0305. The molecule has 2 heterocycles. The Morgan fingerprint density at radius 3 is 2.46 bits per heavy atom. The van der Waals surface area contributed by atoms with Gasteiger partial charge in [0, 0.05) is 26.2 Å². The number of hydrogen-bond acceptors (Lipinski definition) is 9. The fourth-order valence-corrected chi connectivity index (χ4v) is 4.98. The molecule has 0 radical (unpaired) electrons. The monoisotopic (exact) mass is 607 g/mol. The number of fused-ring (bicyclic) bond motifs is 1. The predicted molar refractivity (Wildman–Crippen MR) is 144 cm³/mol. The number of nitrogens with zero attached hydrogens (tertiary/aromatic N) is 2. The highest BCUT2D eigenvalue weighted by molar-refractivity contribution is 6.47. The molecule has 1 fully saturated rings. The van der Waals surface area contributed by atoms with Crippen LogP contribution in [0.15, 0.2) is 30.3 Å². The van der Waals surface area contributed by atoms with Gasteiger partial charge in [-0.1, -0.05) is 35.3 Å². The number of urea groups is 1. The number of para-hydroxylation sites is 1. The van der Waals surface area contributed by atoms with Crippen LogP contribution in [0, 0.1) is 0 Å². The predicted octanol–water partition coefficient (Wildman–Crippen LogP) is -0.0830. The molecule has 2 aliphatic rings. The van der Waals surface area contributed by atoms with E-state index in [2.05, 4.69) is 10.6 Å². The minimum absolute atomic E-state index is 0.00368. The molecule has 2 aromatic carbocycles. The summed E-state index contributed by atoms with van der Waals surface area (Å²) in [7, 11) is -1.66. The number of benzene rings is 2. The van der Waals surface area contributed by atoms with Crippen LogP contribution < -0.4 is 21.0 Å². The van der Waals surface area contributed by atoms with Gasteiger partial charge in [0.1, 0.15) is 11.8 Å². The fraction of sp³-hybridized carbons (Fsp3) is 0.292. The van der Waals surface area contributed by atoms with Crippen LogP contribution in [-0.4, -0.2) is 94.0 Å². The van der Waals surface area contributed by atoms with Crippen LogP contribution in [-0.2, 0) is 20.8 Å². The van der Waals surface area contributed by atoms with E-state index in [0.717, 1.165) is 0 Å². The lowest BCUT2D eigenvalue weighted by molar-refractivity contribution is -0.153. The molecule has 0 aromatic heterocycles. The van der Waals surface area contributed by atoms with Crippen LogP contribution in [0.25, 0.3) is 0 Å². The summed E-state index contributed by atoms with van der Waals surface area (Å²) >= 11 is 12.1. The number of hydrogen-bond donors (Lipinski definition) is 6. The van der Waals surface area contributed by atoms with E-state index in [9.17, 15) is 39.2 Å². The van der Waals surface area contributed by atoms with E-state index < -0.39 is 54.6 Å². The van der Waals surface area contributed by atoms with Crippen molar-refractivity contribution in [1.82, 2.24) is 20.4 Å². The lowest BCUT2D eigenvalue weighted by atomic mass is 9.72. The molecule has 0 unspecified atom stereocenters. The second-order valence-electron chi connectivity index (χ2n) is 9.18. The van der Waals surface area contributed by atoms with Crippen molar-refractivity contribution < 1.29 is 43.9 Å². The average molecular weight is 608 g/mol. The number of piperazine rings is 1. The Labute approximate surface area is 243 Å². The van der Waals surface area contributed by atoms with Crippen LogP contribution in [0.3, 0.4) is 0 Å². The number of carbonyl (C=O) groups excluding carboxylic acids is 4. The molecule has 41 heavy (non-hydrogen) atoms. The first-order valence-electron chi connectivity index (χ1n) is 12.2. The highest BCUT2D eigenvalue weighted by Gasteiger charge is 2.41. The van der Waals surface area contributed by atoms with Crippen molar-refractivity contribution in [3.05, 3.63) is 57.1 Å². The van der Waals surface area contributed by atoms with Crippen molar-refractivity contribution in [3.63, 3.8) is 0 Å². The van der Waals surface area contributed by atoms with Crippen molar-refractivity contribution in [2.75, 3.05) is 26.2 Å². The molecule has 2 aromatic rings. The standard InChI is InChI=1S/C24H24BCl2N5O9/c26-14-8-12(9-15(27)18(14)33)17(30-24(39)32-7-6-31(5-4-28)21(35)22(32)36)20(34)29-16-10-11-2-1-3-13(23(37)38)19(11)41-25(16)40/h1-3,8-9,16-17,33,40H,4-7,10,28H2,(H,29,34)(H,30,39)(H,37,38)/t16-,17-/m0/s1. The molecular weight excluding hydrogens is 584 g/mol. The first-order valence-corrected chi connectivity index (χ1v) is 13.0. The summed E-state index contributed by atoms with van der Waals surface area (Å²) in [5, 5.41) is 34.4. The minimum Gasteiger partial charge on any atom is -0.534 e. The number of rotatable bonds is 7. The van der Waals surface area contributed by atoms with E-state index in [1.165, 1.54) is 29.2 Å². The van der Waals surface area contributed by atoms with Crippen molar-refractivity contribution in [3.8, 4) is 11.5 Å². The third kappa shape index (κ3) is 6.17. The van der Waals surface area contributed by atoms with Gasteiger partial charge in [-0.05, 0) is 35.7 Å². The topological polar surface area (TPSA) is 212 Å². The lowest BCUT2D eigenvalue weighted by Crippen LogP contribution is -2.60. The second kappa shape index (κ2) is 12.2. The van der Waals surface area contributed by atoms with Gasteiger partial charge in [-0.2, -0.15) is 0 Å². The van der Waals surface area contributed by atoms with Crippen LogP contribution in [0.1, 0.15) is 27.5 Å². The maximum absolute atomic E-state index is 13.5. The molecule has 14 nitrogen and oxygen atoms in total. The summed E-state index contributed by atoms with van der Waals surface area (Å²) in [5.41, 5.74) is 5.69. The number of aromatic hydroxyl groups is 1. The number of aromatic carboxylic acids is 1. The van der Waals surface area contributed by atoms with E-state index in [0.29, 0.717) is 10.5 Å². The molecule has 5 amide bonds. The molecule has 2 aliphatic heterocycles. The Morgan fingerprint density at radius 2 is 1.83 bits per heavy atom. The summed E-state index contributed by atoms with van der Waals surface area (Å²) in [6.45, 7) is 0.110. The number of carboxylic acid groups (broad SMARTS) is 1. The molecule has 216 valence electrons. The van der Waals surface area contributed by atoms with Crippen LogP contribution in [0.4, 0.5) is 4.79 Å². The molecule has 0 aliphatic carbocycles. The Balaban J connectivity index is 1.59. The average Bonchev–Trinajstić information content (AvgIpc) is 2.92. The van der Waals surface area contributed by atoms with Crippen molar-refractivity contribution in [2.45, 2.75) is 18.4 Å². The van der Waals surface area contributed by atoms with Gasteiger partial charge in [0.2, 0.25) is 5.91 Å². The van der Waals surface area contributed by atoms with Gasteiger partial charge >= 0.3 is 30.9 Å². The Hall–Kier alpha value is -4.05. The normalized spacial score (nSPS) is 17.5. The fourth-order valence-electron chi connectivity index (χ4n) is 4.47. The molecule has 0 saturated carbocycles. The third-order valence-electron chi connectivity index (χ3n) is 6.53. The van der Waals surface area contributed by atoms with Crippen molar-refractivity contribution in [1.29, 1.82) is 0 Å². The van der Waals surface area contributed by atoms with Crippen molar-refractivity contribution >= 4 is 60.0 Å². The number of phenols is 1. The van der Waals surface area contributed by atoms with E-state index >= 15 is 0 Å². The highest BCUT2D eigenvalue weighted by Crippen LogP contribution is 2.35. The summed E-state index contributed by atoms with van der Waals surface area (Å²) in [5.74, 6) is -5.83. The van der Waals surface area contributed by atoms with E-state index in [-0.39, 0.29) is 59.5 Å². The lowest BCUT2D eigenvalue weighted by Gasteiger charge is -2.33. The molecule has 2 atom stereocenters. The zero-order valence-corrected chi connectivity index (χ0v) is 22.7. The van der Waals surface area contributed by atoms with Gasteiger partial charge in [0.05, 0.1) is 21.5 Å². The van der Waals surface area contributed by atoms with Gasteiger partial charge in [0.25, 0.3) is 0 Å². The highest BCUT2D eigenvalue weighted by atomic mass is 35.5. The number of carboxylic acids is 1. The smallest absolute Gasteiger partial charge is 0.534 e. The minimum atomic E-state index is -1.66. The number of imide groups is 1. The zero-order chi connectivity index (χ0) is 30.0. The Kier molecular flexibility index (Phi) is 8.92. The number of halogens is 2. The summed E-state index contributed by atoms with van der Waals surface area (Å²) < 4.78 is 5.40. The summed E-state index contributed by atoms with van der Waals surface area (Å²) in [6, 6.07) is 4.03. The quantitative estimate of drug-likeness (QED) is 0.182. The largest absolute Gasteiger partial charge is 0.547 e. The SMILES string of the molecule is NCCN1CCN(C(=O)N[C@H](C(=O)N[C@H]2Cc3cccc(C(=O)O)c3OB2O)c2cc(Cl)c(O)c(Cl)c2)C(=O)C1=O. The Bertz CT molecular complexity index is 1400. The first kappa shape index (κ1) is 29.9. The number of nitrogens with one attached hydrogen (secondary N) is 2. The van der Waals surface area contributed by atoms with Gasteiger partial charge in [-0.25, -0.2) is 9.59 Å². The summed E-state index contributed by atoms with van der Waals surface area (Å²) in [4.78, 5) is 65.0. The molecule has 0 bridgehead atoms. The Morgan fingerprint density at radius 1 is 1.15 bits per heavy atom. The maximum atomic E-state index is 13.5. The van der Waals surface area contributed by atoms with Crippen LogP contribution in [0.2, 0.25) is 10.0 Å². The van der Waals surface area contributed by atoms with Gasteiger partial charge in [-0.15, -0.1) is 0 Å². The third-order valence-corrected chi connectivity index (χ3v) is 7.11.